The Morgan fingerprint density at radius 3 is 2.81 bits per heavy atom. The van der Waals surface area contributed by atoms with Gasteiger partial charge in [0.15, 0.2) is 11.9 Å². The van der Waals surface area contributed by atoms with E-state index in [1.54, 1.807) is 0 Å². The Hall–Kier alpha value is -1.46. The minimum atomic E-state index is -0.838. The van der Waals surface area contributed by atoms with Crippen molar-refractivity contribution >= 4 is 5.97 Å². The summed E-state index contributed by atoms with van der Waals surface area (Å²) in [6, 6.07) is -0.624. The van der Waals surface area contributed by atoms with Crippen LogP contribution in [-0.2, 0) is 11.2 Å². The zero-order chi connectivity index (χ0) is 15.1. The standard InChI is InChI=1S/C15H26N4O2/c1-2-3-9-13(15(20)21)19-14(16-17-18-19)11-10-12-7-5-4-6-8-12/h12-13H,2-11H2,1H3,(H,20,21). The maximum atomic E-state index is 11.4. The van der Waals surface area contributed by atoms with Crippen molar-refractivity contribution in [2.24, 2.45) is 5.92 Å². The molecule has 1 aromatic rings. The summed E-state index contributed by atoms with van der Waals surface area (Å²) in [6.07, 6.45) is 10.9. The van der Waals surface area contributed by atoms with Crippen LogP contribution >= 0.6 is 0 Å². The van der Waals surface area contributed by atoms with Gasteiger partial charge in [0.2, 0.25) is 0 Å². The molecule has 1 aliphatic rings. The third-order valence-electron chi connectivity index (χ3n) is 4.47. The molecule has 1 fully saturated rings. The number of aryl methyl sites for hydroxylation is 1. The fourth-order valence-electron chi connectivity index (χ4n) is 3.18. The Morgan fingerprint density at radius 2 is 2.14 bits per heavy atom. The molecule has 1 saturated carbocycles. The first kappa shape index (κ1) is 15.9. The first-order valence-electron chi connectivity index (χ1n) is 8.22. The van der Waals surface area contributed by atoms with Gasteiger partial charge in [-0.15, -0.1) is 5.10 Å². The Labute approximate surface area is 125 Å². The summed E-state index contributed by atoms with van der Waals surface area (Å²) in [5, 5.41) is 21.1. The van der Waals surface area contributed by atoms with Crippen LogP contribution < -0.4 is 0 Å². The summed E-state index contributed by atoms with van der Waals surface area (Å²) in [5.41, 5.74) is 0. The molecule has 6 nitrogen and oxygen atoms in total. The number of carboxylic acid groups (broad SMARTS) is 1. The second kappa shape index (κ2) is 8.10. The van der Waals surface area contributed by atoms with E-state index in [0.29, 0.717) is 6.42 Å². The van der Waals surface area contributed by atoms with Crippen LogP contribution in [0.1, 0.15) is 76.6 Å². The number of carboxylic acids is 1. The molecule has 21 heavy (non-hydrogen) atoms. The highest BCUT2D eigenvalue weighted by atomic mass is 16.4. The van der Waals surface area contributed by atoms with Crippen LogP contribution in [0.15, 0.2) is 0 Å². The number of rotatable bonds is 8. The number of hydrogen-bond acceptors (Lipinski definition) is 4. The third-order valence-corrected chi connectivity index (χ3v) is 4.47. The van der Waals surface area contributed by atoms with Crippen LogP contribution in [-0.4, -0.2) is 31.3 Å². The van der Waals surface area contributed by atoms with E-state index < -0.39 is 12.0 Å². The van der Waals surface area contributed by atoms with Crippen molar-refractivity contribution in [3.63, 3.8) is 0 Å². The largest absolute Gasteiger partial charge is 0.480 e. The fourth-order valence-corrected chi connectivity index (χ4v) is 3.18. The van der Waals surface area contributed by atoms with Crippen LogP contribution in [0.25, 0.3) is 0 Å². The molecule has 1 unspecified atom stereocenters. The van der Waals surface area contributed by atoms with Gasteiger partial charge in [0.1, 0.15) is 0 Å². The van der Waals surface area contributed by atoms with Gasteiger partial charge in [-0.3, -0.25) is 0 Å². The van der Waals surface area contributed by atoms with E-state index in [0.717, 1.165) is 37.4 Å². The number of nitrogens with zero attached hydrogens (tertiary/aromatic N) is 4. The third kappa shape index (κ3) is 4.51. The SMILES string of the molecule is CCCCC(C(=O)O)n1nnnc1CCC1CCCCC1. The van der Waals surface area contributed by atoms with E-state index in [9.17, 15) is 9.90 Å². The van der Waals surface area contributed by atoms with Crippen molar-refractivity contribution in [2.75, 3.05) is 0 Å². The quantitative estimate of drug-likeness (QED) is 0.797. The van der Waals surface area contributed by atoms with Crippen molar-refractivity contribution < 1.29 is 9.90 Å². The second-order valence-corrected chi connectivity index (χ2v) is 6.08. The Balaban J connectivity index is 1.97. The maximum absolute atomic E-state index is 11.4. The summed E-state index contributed by atoms with van der Waals surface area (Å²) in [4.78, 5) is 11.4. The van der Waals surface area contributed by atoms with Crippen LogP contribution in [0.2, 0.25) is 0 Å². The Morgan fingerprint density at radius 1 is 1.38 bits per heavy atom. The number of aliphatic carboxylic acids is 1. The van der Waals surface area contributed by atoms with E-state index >= 15 is 0 Å². The molecular formula is C15H26N4O2. The molecule has 1 heterocycles. The number of aromatic nitrogens is 4. The van der Waals surface area contributed by atoms with E-state index in [1.165, 1.54) is 36.8 Å². The van der Waals surface area contributed by atoms with Gasteiger partial charge in [-0.1, -0.05) is 51.9 Å². The average Bonchev–Trinajstić information content (AvgIpc) is 2.94. The smallest absolute Gasteiger partial charge is 0.328 e. The number of hydrogen-bond donors (Lipinski definition) is 1. The van der Waals surface area contributed by atoms with Crippen molar-refractivity contribution in [3.8, 4) is 0 Å². The predicted molar refractivity (Wildman–Crippen MR) is 78.9 cm³/mol. The number of tetrazole rings is 1. The summed E-state index contributed by atoms with van der Waals surface area (Å²) in [5.74, 6) is 0.640. The molecule has 1 aliphatic carbocycles. The lowest BCUT2D eigenvalue weighted by Crippen LogP contribution is -2.23. The predicted octanol–water partition coefficient (Wildman–Crippen LogP) is 3.00. The van der Waals surface area contributed by atoms with Crippen LogP contribution in [0.3, 0.4) is 0 Å². The van der Waals surface area contributed by atoms with E-state index in [4.69, 9.17) is 0 Å². The minimum absolute atomic E-state index is 0.591. The molecule has 1 N–H and O–H groups in total. The molecular weight excluding hydrogens is 268 g/mol. The van der Waals surface area contributed by atoms with Gasteiger partial charge in [-0.05, 0) is 29.2 Å². The van der Waals surface area contributed by atoms with Gasteiger partial charge in [0.25, 0.3) is 0 Å². The highest BCUT2D eigenvalue weighted by molar-refractivity contribution is 5.71. The average molecular weight is 294 g/mol. The highest BCUT2D eigenvalue weighted by Crippen LogP contribution is 2.27. The monoisotopic (exact) mass is 294 g/mol. The molecule has 0 radical (unpaired) electrons. The second-order valence-electron chi connectivity index (χ2n) is 6.08. The molecule has 118 valence electrons. The molecule has 0 amide bonds. The molecule has 1 atom stereocenters. The van der Waals surface area contributed by atoms with Gasteiger partial charge >= 0.3 is 5.97 Å². The van der Waals surface area contributed by atoms with E-state index in [2.05, 4.69) is 22.4 Å². The first-order chi connectivity index (χ1) is 10.2. The zero-order valence-corrected chi connectivity index (χ0v) is 12.9. The van der Waals surface area contributed by atoms with E-state index in [-0.39, 0.29) is 0 Å². The first-order valence-corrected chi connectivity index (χ1v) is 8.22. The van der Waals surface area contributed by atoms with Crippen molar-refractivity contribution in [3.05, 3.63) is 5.82 Å². The summed E-state index contributed by atoms with van der Waals surface area (Å²) < 4.78 is 1.53. The normalized spacial score (nSPS) is 17.8. The van der Waals surface area contributed by atoms with Crippen molar-refractivity contribution in [1.82, 2.24) is 20.2 Å². The van der Waals surface area contributed by atoms with Crippen molar-refractivity contribution in [1.29, 1.82) is 0 Å². The summed E-state index contributed by atoms with van der Waals surface area (Å²) in [6.45, 7) is 2.06. The van der Waals surface area contributed by atoms with Crippen molar-refractivity contribution in [2.45, 2.75) is 77.2 Å². The Kier molecular flexibility index (Phi) is 6.14. The topological polar surface area (TPSA) is 80.9 Å². The van der Waals surface area contributed by atoms with Crippen LogP contribution in [0, 0.1) is 5.92 Å². The molecule has 0 aliphatic heterocycles. The fraction of sp³-hybridized carbons (Fsp3) is 0.867. The van der Waals surface area contributed by atoms with Gasteiger partial charge < -0.3 is 5.11 Å². The molecule has 0 aromatic carbocycles. The lowest BCUT2D eigenvalue weighted by Gasteiger charge is -2.21. The molecule has 0 spiro atoms. The Bertz CT molecular complexity index is 441. The molecule has 0 saturated heterocycles. The number of unbranched alkanes of at least 4 members (excludes halogenated alkanes) is 1. The number of carbonyl (C=O) groups is 1. The summed E-state index contributed by atoms with van der Waals surface area (Å²) >= 11 is 0. The van der Waals surface area contributed by atoms with Crippen LogP contribution in [0.5, 0.6) is 0 Å². The highest BCUT2D eigenvalue weighted by Gasteiger charge is 2.24. The lowest BCUT2D eigenvalue weighted by molar-refractivity contribution is -0.141. The summed E-state index contributed by atoms with van der Waals surface area (Å²) in [7, 11) is 0. The minimum Gasteiger partial charge on any atom is -0.480 e. The molecule has 0 bridgehead atoms. The maximum Gasteiger partial charge on any atom is 0.328 e. The molecule has 1 aromatic heterocycles. The van der Waals surface area contributed by atoms with Crippen LogP contribution in [0.4, 0.5) is 0 Å². The van der Waals surface area contributed by atoms with Gasteiger partial charge in [-0.25, -0.2) is 9.48 Å². The van der Waals surface area contributed by atoms with Gasteiger partial charge in [-0.2, -0.15) is 0 Å². The zero-order valence-electron chi connectivity index (χ0n) is 12.9. The van der Waals surface area contributed by atoms with Gasteiger partial charge in [0, 0.05) is 6.42 Å². The molecule has 6 heteroatoms. The molecule has 2 rings (SSSR count). The van der Waals surface area contributed by atoms with E-state index in [1.807, 2.05) is 0 Å². The lowest BCUT2D eigenvalue weighted by atomic mass is 9.86. The van der Waals surface area contributed by atoms with Gasteiger partial charge in [0.05, 0.1) is 0 Å².